The highest BCUT2D eigenvalue weighted by atomic mass is 79.9. The molecule has 1 N–H and O–H groups in total. The summed E-state index contributed by atoms with van der Waals surface area (Å²) in [7, 11) is -3.96. The first-order chi connectivity index (χ1) is 8.49. The molecule has 0 saturated heterocycles. The number of rotatable bonds is 4. The fourth-order valence-corrected chi connectivity index (χ4v) is 3.12. The fourth-order valence-electron chi connectivity index (χ4n) is 1.88. The van der Waals surface area contributed by atoms with Crippen molar-refractivity contribution >= 4 is 26.0 Å². The maximum absolute atomic E-state index is 13.5. The molecule has 0 aliphatic heterocycles. The van der Waals surface area contributed by atoms with Gasteiger partial charge in [-0.1, -0.05) is 33.7 Å². The summed E-state index contributed by atoms with van der Waals surface area (Å²) in [5, 5.41) is 0. The third-order valence-electron chi connectivity index (χ3n) is 2.81. The van der Waals surface area contributed by atoms with Gasteiger partial charge in [0.1, 0.15) is 10.7 Å². The Morgan fingerprint density at radius 2 is 2.00 bits per heavy atom. The molecule has 1 aliphatic carbocycles. The van der Waals surface area contributed by atoms with Crippen molar-refractivity contribution in [3.8, 4) is 0 Å². The summed E-state index contributed by atoms with van der Waals surface area (Å²) in [6, 6.07) is 3.76. The Hall–Kier alpha value is -0.500. The summed E-state index contributed by atoms with van der Waals surface area (Å²) in [6.07, 6.45) is 3.59. The molecule has 1 aromatic rings. The van der Waals surface area contributed by atoms with E-state index in [1.54, 1.807) is 0 Å². The molecule has 4 nitrogen and oxygen atoms in total. The van der Waals surface area contributed by atoms with Gasteiger partial charge in [0.05, 0.1) is 6.10 Å². The lowest BCUT2D eigenvalue weighted by Gasteiger charge is -2.12. The third kappa shape index (κ3) is 3.28. The molecule has 18 heavy (non-hydrogen) atoms. The summed E-state index contributed by atoms with van der Waals surface area (Å²) in [5.41, 5.74) is 0. The number of halogens is 2. The highest BCUT2D eigenvalue weighted by molar-refractivity contribution is 9.10. The standard InChI is InChI=1S/C11H13BrFNO3S/c12-8-5-6-11(10(13)7-8)18(15,16)14-17-9-3-1-2-4-9/h5-7,9,14H,1-4H2. The predicted octanol–water partition coefficient (Wildman–Crippen LogP) is 2.74. The average molecular weight is 338 g/mol. The Kier molecular flexibility index (Phi) is 4.37. The van der Waals surface area contributed by atoms with Crippen molar-refractivity contribution in [2.45, 2.75) is 36.7 Å². The molecule has 7 heteroatoms. The van der Waals surface area contributed by atoms with Crippen molar-refractivity contribution < 1.29 is 17.6 Å². The monoisotopic (exact) mass is 337 g/mol. The molecule has 0 spiro atoms. The van der Waals surface area contributed by atoms with E-state index in [1.807, 2.05) is 4.89 Å². The Balaban J connectivity index is 2.09. The number of hydrogen-bond donors (Lipinski definition) is 1. The van der Waals surface area contributed by atoms with Crippen LogP contribution in [-0.2, 0) is 14.9 Å². The van der Waals surface area contributed by atoms with Crippen LogP contribution in [0.5, 0.6) is 0 Å². The number of nitrogens with one attached hydrogen (secondary N) is 1. The van der Waals surface area contributed by atoms with Gasteiger partial charge in [-0.15, -0.1) is 0 Å². The number of hydrogen-bond acceptors (Lipinski definition) is 3. The lowest BCUT2D eigenvalue weighted by molar-refractivity contribution is 0.0222. The van der Waals surface area contributed by atoms with Gasteiger partial charge >= 0.3 is 0 Å². The van der Waals surface area contributed by atoms with E-state index in [1.165, 1.54) is 12.1 Å². The second-order valence-electron chi connectivity index (χ2n) is 4.19. The molecule has 0 radical (unpaired) electrons. The molecule has 0 heterocycles. The van der Waals surface area contributed by atoms with Crippen molar-refractivity contribution in [3.05, 3.63) is 28.5 Å². The summed E-state index contributed by atoms with van der Waals surface area (Å²) >= 11 is 3.07. The maximum Gasteiger partial charge on any atom is 0.265 e. The SMILES string of the molecule is O=S(=O)(NOC1CCCC1)c1ccc(Br)cc1F. The van der Waals surface area contributed by atoms with Gasteiger partial charge < -0.3 is 0 Å². The topological polar surface area (TPSA) is 55.4 Å². The van der Waals surface area contributed by atoms with E-state index in [0.29, 0.717) is 4.47 Å². The van der Waals surface area contributed by atoms with Crippen LogP contribution in [-0.4, -0.2) is 14.5 Å². The molecule has 0 unspecified atom stereocenters. The lowest BCUT2D eigenvalue weighted by atomic mass is 10.3. The average Bonchev–Trinajstić information content (AvgIpc) is 2.78. The van der Waals surface area contributed by atoms with Gasteiger partial charge in [0.25, 0.3) is 10.0 Å². The normalized spacial score (nSPS) is 17.2. The first-order valence-corrected chi connectivity index (χ1v) is 7.89. The molecular formula is C11H13BrFNO3S. The first kappa shape index (κ1) is 13.9. The van der Waals surface area contributed by atoms with Crippen LogP contribution in [0.4, 0.5) is 4.39 Å². The Morgan fingerprint density at radius 3 is 2.61 bits per heavy atom. The van der Waals surface area contributed by atoms with Crippen LogP contribution < -0.4 is 4.89 Å². The van der Waals surface area contributed by atoms with Gasteiger partial charge in [-0.25, -0.2) is 12.8 Å². The van der Waals surface area contributed by atoms with Crippen LogP contribution in [0.25, 0.3) is 0 Å². The molecule has 0 atom stereocenters. The van der Waals surface area contributed by atoms with E-state index in [4.69, 9.17) is 4.84 Å². The third-order valence-corrected chi connectivity index (χ3v) is 4.53. The van der Waals surface area contributed by atoms with Crippen LogP contribution in [0.2, 0.25) is 0 Å². The highest BCUT2D eigenvalue weighted by Crippen LogP contribution is 2.22. The molecule has 1 fully saturated rings. The summed E-state index contributed by atoms with van der Waals surface area (Å²) < 4.78 is 37.7. The Morgan fingerprint density at radius 1 is 1.33 bits per heavy atom. The molecule has 1 aromatic carbocycles. The predicted molar refractivity (Wildman–Crippen MR) is 67.8 cm³/mol. The van der Waals surface area contributed by atoms with Gasteiger partial charge in [-0.3, -0.25) is 4.84 Å². The molecular weight excluding hydrogens is 325 g/mol. The van der Waals surface area contributed by atoms with Crippen LogP contribution in [0.1, 0.15) is 25.7 Å². The van der Waals surface area contributed by atoms with Gasteiger partial charge in [-0.2, -0.15) is 0 Å². The minimum absolute atomic E-state index is 0.113. The summed E-state index contributed by atoms with van der Waals surface area (Å²) in [4.78, 5) is 6.67. The van der Waals surface area contributed by atoms with E-state index in [0.717, 1.165) is 31.7 Å². The molecule has 2 rings (SSSR count). The van der Waals surface area contributed by atoms with Gasteiger partial charge in [0.2, 0.25) is 0 Å². The van der Waals surface area contributed by atoms with Crippen molar-refractivity contribution in [2.24, 2.45) is 0 Å². The molecule has 0 amide bonds. The summed E-state index contributed by atoms with van der Waals surface area (Å²) in [6.45, 7) is 0. The largest absolute Gasteiger partial charge is 0.284 e. The van der Waals surface area contributed by atoms with Crippen LogP contribution in [0.15, 0.2) is 27.6 Å². The van der Waals surface area contributed by atoms with E-state index in [2.05, 4.69) is 15.9 Å². The number of sulfonamides is 1. The second-order valence-corrected chi connectivity index (χ2v) is 6.71. The second kappa shape index (κ2) is 5.64. The minimum atomic E-state index is -3.96. The zero-order valence-corrected chi connectivity index (χ0v) is 11.9. The van der Waals surface area contributed by atoms with E-state index >= 15 is 0 Å². The van der Waals surface area contributed by atoms with Crippen LogP contribution in [0.3, 0.4) is 0 Å². The van der Waals surface area contributed by atoms with Gasteiger partial charge in [0, 0.05) is 4.47 Å². The zero-order chi connectivity index (χ0) is 13.2. The van der Waals surface area contributed by atoms with Crippen LogP contribution >= 0.6 is 15.9 Å². The Bertz CT molecular complexity index is 529. The molecule has 1 aliphatic rings. The fraction of sp³-hybridized carbons (Fsp3) is 0.455. The maximum atomic E-state index is 13.5. The zero-order valence-electron chi connectivity index (χ0n) is 9.53. The van der Waals surface area contributed by atoms with E-state index in [-0.39, 0.29) is 6.10 Å². The van der Waals surface area contributed by atoms with Crippen molar-refractivity contribution in [1.82, 2.24) is 4.89 Å². The number of benzene rings is 1. The Labute approximate surface area is 114 Å². The molecule has 1 saturated carbocycles. The minimum Gasteiger partial charge on any atom is -0.284 e. The highest BCUT2D eigenvalue weighted by Gasteiger charge is 2.23. The van der Waals surface area contributed by atoms with Crippen molar-refractivity contribution in [2.75, 3.05) is 0 Å². The van der Waals surface area contributed by atoms with Gasteiger partial charge in [0.15, 0.2) is 0 Å². The molecule has 0 bridgehead atoms. The van der Waals surface area contributed by atoms with Crippen LogP contribution in [0, 0.1) is 5.82 Å². The quantitative estimate of drug-likeness (QED) is 0.859. The smallest absolute Gasteiger partial charge is 0.265 e. The molecule has 100 valence electrons. The van der Waals surface area contributed by atoms with Crippen molar-refractivity contribution in [1.29, 1.82) is 0 Å². The first-order valence-electron chi connectivity index (χ1n) is 5.61. The molecule has 0 aromatic heterocycles. The lowest BCUT2D eigenvalue weighted by Crippen LogP contribution is -2.29. The van der Waals surface area contributed by atoms with E-state index < -0.39 is 20.7 Å². The van der Waals surface area contributed by atoms with E-state index in [9.17, 15) is 12.8 Å². The summed E-state index contributed by atoms with van der Waals surface area (Å²) in [5.74, 6) is -0.813. The van der Waals surface area contributed by atoms with Gasteiger partial charge in [-0.05, 0) is 31.0 Å². The van der Waals surface area contributed by atoms with Crippen molar-refractivity contribution in [3.63, 3.8) is 0 Å².